The number of halogens is 1. The van der Waals surface area contributed by atoms with Crippen molar-refractivity contribution >= 4 is 11.6 Å². The number of rotatable bonds is 3. The molecule has 82 valence electrons. The Morgan fingerprint density at radius 2 is 2.40 bits per heavy atom. The summed E-state index contributed by atoms with van der Waals surface area (Å²) in [5.74, 6) is 0. The van der Waals surface area contributed by atoms with Crippen LogP contribution in [0, 0.1) is 0 Å². The maximum absolute atomic E-state index is 9.23. The lowest BCUT2D eigenvalue weighted by Gasteiger charge is -2.15. The molecule has 15 heavy (non-hydrogen) atoms. The van der Waals surface area contributed by atoms with Crippen molar-refractivity contribution in [1.82, 2.24) is 5.32 Å². The molecule has 0 fully saturated rings. The van der Waals surface area contributed by atoms with Gasteiger partial charge in [0.15, 0.2) is 0 Å². The Morgan fingerprint density at radius 3 is 3.13 bits per heavy atom. The Hall–Kier alpha value is -0.570. The molecule has 0 saturated heterocycles. The largest absolute Gasteiger partial charge is 0.392 e. The topological polar surface area (TPSA) is 32.3 Å². The van der Waals surface area contributed by atoms with Gasteiger partial charge in [-0.15, -0.1) is 0 Å². The first kappa shape index (κ1) is 10.9. The molecule has 0 spiro atoms. The molecular formula is C12H16ClNO. The number of hydrogen-bond acceptors (Lipinski definition) is 2. The van der Waals surface area contributed by atoms with E-state index >= 15 is 0 Å². The van der Waals surface area contributed by atoms with Crippen molar-refractivity contribution in [2.24, 2.45) is 0 Å². The van der Waals surface area contributed by atoms with E-state index in [-0.39, 0.29) is 6.10 Å². The van der Waals surface area contributed by atoms with Gasteiger partial charge < -0.3 is 10.4 Å². The van der Waals surface area contributed by atoms with Gasteiger partial charge in [0.05, 0.1) is 6.10 Å². The third kappa shape index (κ3) is 2.51. The number of fused-ring (bicyclic) bond motifs is 1. The van der Waals surface area contributed by atoms with Crippen LogP contribution < -0.4 is 5.32 Å². The van der Waals surface area contributed by atoms with Gasteiger partial charge in [-0.25, -0.2) is 0 Å². The van der Waals surface area contributed by atoms with E-state index in [1.54, 1.807) is 6.92 Å². The van der Waals surface area contributed by atoms with Gasteiger partial charge in [0.1, 0.15) is 0 Å². The minimum Gasteiger partial charge on any atom is -0.392 e. The van der Waals surface area contributed by atoms with Crippen LogP contribution in [0.3, 0.4) is 0 Å². The van der Waals surface area contributed by atoms with Gasteiger partial charge in [-0.1, -0.05) is 17.7 Å². The normalized spacial score (nSPS) is 21.4. The van der Waals surface area contributed by atoms with E-state index in [1.807, 2.05) is 12.1 Å². The van der Waals surface area contributed by atoms with E-state index in [2.05, 4.69) is 11.4 Å². The molecule has 0 radical (unpaired) electrons. The summed E-state index contributed by atoms with van der Waals surface area (Å²) in [4.78, 5) is 0. The summed E-state index contributed by atoms with van der Waals surface area (Å²) in [5.41, 5.74) is 2.67. The van der Waals surface area contributed by atoms with Crippen molar-refractivity contribution in [3.8, 4) is 0 Å². The van der Waals surface area contributed by atoms with E-state index in [0.717, 1.165) is 17.9 Å². The highest BCUT2D eigenvalue weighted by Crippen LogP contribution is 2.32. The SMILES string of the molecule is C[C@@H](O)CNC1CCc2ccc(Cl)cc21. The number of hydrogen-bond donors (Lipinski definition) is 2. The number of aliphatic hydroxyl groups is 1. The lowest BCUT2D eigenvalue weighted by Crippen LogP contribution is -2.27. The summed E-state index contributed by atoms with van der Waals surface area (Å²) >= 11 is 5.97. The van der Waals surface area contributed by atoms with Gasteiger partial charge >= 0.3 is 0 Å². The molecule has 0 bridgehead atoms. The molecule has 0 heterocycles. The van der Waals surface area contributed by atoms with Crippen LogP contribution in [0.1, 0.15) is 30.5 Å². The van der Waals surface area contributed by atoms with E-state index in [9.17, 15) is 5.11 Å². The number of nitrogens with one attached hydrogen (secondary N) is 1. The number of aryl methyl sites for hydroxylation is 1. The molecule has 2 N–H and O–H groups in total. The average Bonchev–Trinajstić information content (AvgIpc) is 2.57. The molecule has 1 aromatic carbocycles. The molecule has 2 nitrogen and oxygen atoms in total. The van der Waals surface area contributed by atoms with Gasteiger partial charge in [-0.2, -0.15) is 0 Å². The van der Waals surface area contributed by atoms with Crippen LogP contribution in [0.2, 0.25) is 5.02 Å². The quantitative estimate of drug-likeness (QED) is 0.828. The second-order valence-corrected chi connectivity index (χ2v) is 4.63. The van der Waals surface area contributed by atoms with Crippen LogP contribution in [0.5, 0.6) is 0 Å². The van der Waals surface area contributed by atoms with Gasteiger partial charge in [-0.3, -0.25) is 0 Å². The molecule has 1 aliphatic rings. The van der Waals surface area contributed by atoms with Crippen molar-refractivity contribution in [3.63, 3.8) is 0 Å². The lowest BCUT2D eigenvalue weighted by molar-refractivity contribution is 0.186. The minimum absolute atomic E-state index is 0.298. The fourth-order valence-corrected chi connectivity index (χ4v) is 2.28. The predicted molar refractivity (Wildman–Crippen MR) is 62.2 cm³/mol. The molecule has 3 heteroatoms. The summed E-state index contributed by atoms with van der Waals surface area (Å²) < 4.78 is 0. The third-order valence-electron chi connectivity index (χ3n) is 2.85. The Bertz CT molecular complexity index is 351. The summed E-state index contributed by atoms with van der Waals surface area (Å²) in [6.07, 6.45) is 1.90. The molecule has 2 rings (SSSR count). The fraction of sp³-hybridized carbons (Fsp3) is 0.500. The fourth-order valence-electron chi connectivity index (χ4n) is 2.10. The molecule has 1 aliphatic carbocycles. The first-order valence-corrected chi connectivity index (χ1v) is 5.74. The van der Waals surface area contributed by atoms with Crippen LogP contribution in [0.4, 0.5) is 0 Å². The smallest absolute Gasteiger partial charge is 0.0636 e. The monoisotopic (exact) mass is 225 g/mol. The van der Waals surface area contributed by atoms with Gasteiger partial charge in [0.25, 0.3) is 0 Å². The Kier molecular flexibility index (Phi) is 3.29. The zero-order valence-corrected chi connectivity index (χ0v) is 9.59. The Morgan fingerprint density at radius 1 is 1.60 bits per heavy atom. The predicted octanol–water partition coefficient (Wildman–Crippen LogP) is 2.30. The van der Waals surface area contributed by atoms with E-state index in [1.165, 1.54) is 11.1 Å². The van der Waals surface area contributed by atoms with Gasteiger partial charge in [-0.05, 0) is 43.0 Å². The lowest BCUT2D eigenvalue weighted by atomic mass is 10.1. The van der Waals surface area contributed by atoms with Gasteiger partial charge in [0.2, 0.25) is 0 Å². The molecule has 0 amide bonds. The van der Waals surface area contributed by atoms with E-state index in [0.29, 0.717) is 12.6 Å². The molecular weight excluding hydrogens is 210 g/mol. The van der Waals surface area contributed by atoms with Crippen molar-refractivity contribution in [2.45, 2.75) is 31.9 Å². The molecule has 0 saturated carbocycles. The molecule has 2 atom stereocenters. The van der Waals surface area contributed by atoms with Crippen LogP contribution in [-0.4, -0.2) is 17.8 Å². The Labute approximate surface area is 95.3 Å². The zero-order chi connectivity index (χ0) is 10.8. The summed E-state index contributed by atoms with van der Waals surface area (Å²) in [6.45, 7) is 2.43. The second kappa shape index (κ2) is 4.52. The maximum Gasteiger partial charge on any atom is 0.0636 e. The highest BCUT2D eigenvalue weighted by atomic mass is 35.5. The van der Waals surface area contributed by atoms with Crippen LogP contribution in [0.25, 0.3) is 0 Å². The minimum atomic E-state index is -0.298. The average molecular weight is 226 g/mol. The first-order valence-electron chi connectivity index (χ1n) is 5.36. The Balaban J connectivity index is 2.10. The summed E-state index contributed by atoms with van der Waals surface area (Å²) in [7, 11) is 0. The summed E-state index contributed by atoms with van der Waals surface area (Å²) in [5, 5.41) is 13.4. The zero-order valence-electron chi connectivity index (χ0n) is 8.83. The van der Waals surface area contributed by atoms with Crippen molar-refractivity contribution in [1.29, 1.82) is 0 Å². The molecule has 1 unspecified atom stereocenters. The first-order chi connectivity index (χ1) is 7.16. The molecule has 0 aromatic heterocycles. The van der Waals surface area contributed by atoms with Gasteiger partial charge in [0, 0.05) is 17.6 Å². The molecule has 0 aliphatic heterocycles. The van der Waals surface area contributed by atoms with Crippen molar-refractivity contribution in [3.05, 3.63) is 34.3 Å². The summed E-state index contributed by atoms with van der Waals surface area (Å²) in [6, 6.07) is 6.43. The van der Waals surface area contributed by atoms with Crippen molar-refractivity contribution in [2.75, 3.05) is 6.54 Å². The van der Waals surface area contributed by atoms with E-state index in [4.69, 9.17) is 11.6 Å². The number of aliphatic hydroxyl groups excluding tert-OH is 1. The maximum atomic E-state index is 9.23. The van der Waals surface area contributed by atoms with Crippen molar-refractivity contribution < 1.29 is 5.11 Å². The second-order valence-electron chi connectivity index (χ2n) is 4.19. The van der Waals surface area contributed by atoms with Crippen LogP contribution in [-0.2, 0) is 6.42 Å². The van der Waals surface area contributed by atoms with Crippen LogP contribution >= 0.6 is 11.6 Å². The highest BCUT2D eigenvalue weighted by Gasteiger charge is 2.22. The standard InChI is InChI=1S/C12H16ClNO/c1-8(15)7-14-12-5-3-9-2-4-10(13)6-11(9)12/h2,4,6,8,12,14-15H,3,5,7H2,1H3/t8-,12?/m1/s1. The van der Waals surface area contributed by atoms with Crippen LogP contribution in [0.15, 0.2) is 18.2 Å². The highest BCUT2D eigenvalue weighted by molar-refractivity contribution is 6.30. The number of benzene rings is 1. The third-order valence-corrected chi connectivity index (χ3v) is 3.08. The van der Waals surface area contributed by atoms with E-state index < -0.39 is 0 Å². The molecule has 1 aromatic rings.